The van der Waals surface area contributed by atoms with Crippen molar-refractivity contribution in [3.05, 3.63) is 29.6 Å². The molecular weight excluding hydrogens is 226 g/mol. The lowest BCUT2D eigenvalue weighted by Gasteiger charge is -2.34. The third-order valence-corrected chi connectivity index (χ3v) is 3.47. The Balaban J connectivity index is 1.89. The number of rotatable bonds is 3. The zero-order chi connectivity index (χ0) is 13.0. The van der Waals surface area contributed by atoms with Crippen molar-refractivity contribution in [2.45, 2.75) is 26.8 Å². The molecule has 0 aromatic carbocycles. The quantitative estimate of drug-likeness (QED) is 0.808. The van der Waals surface area contributed by atoms with Crippen LogP contribution in [0.2, 0.25) is 0 Å². The second-order valence-corrected chi connectivity index (χ2v) is 4.79. The molecule has 0 saturated carbocycles. The van der Waals surface area contributed by atoms with E-state index in [2.05, 4.69) is 28.9 Å². The molecule has 1 fully saturated rings. The van der Waals surface area contributed by atoms with Gasteiger partial charge in [-0.15, -0.1) is 0 Å². The standard InChI is InChI=1S/C14H21N3O/c1-3-14-10-13(4-5-15-14)11-16-6-8-17(9-7-16)12(2)18/h4-5,10H,3,6-9,11H2,1-2H3. The maximum Gasteiger partial charge on any atom is 0.219 e. The van der Waals surface area contributed by atoms with Crippen LogP contribution in [0, 0.1) is 0 Å². The lowest BCUT2D eigenvalue weighted by Crippen LogP contribution is -2.47. The Hall–Kier alpha value is -1.42. The predicted molar refractivity (Wildman–Crippen MR) is 71.1 cm³/mol. The smallest absolute Gasteiger partial charge is 0.219 e. The molecule has 0 aliphatic carbocycles. The molecule has 0 spiro atoms. The van der Waals surface area contributed by atoms with E-state index in [0.29, 0.717) is 0 Å². The van der Waals surface area contributed by atoms with Gasteiger partial charge in [0.1, 0.15) is 0 Å². The molecule has 1 aliphatic rings. The molecule has 2 rings (SSSR count). The number of amides is 1. The first-order valence-corrected chi connectivity index (χ1v) is 6.60. The zero-order valence-electron chi connectivity index (χ0n) is 11.2. The van der Waals surface area contributed by atoms with Crippen molar-refractivity contribution in [1.82, 2.24) is 14.8 Å². The van der Waals surface area contributed by atoms with Crippen LogP contribution in [0.3, 0.4) is 0 Å². The molecule has 0 radical (unpaired) electrons. The lowest BCUT2D eigenvalue weighted by molar-refractivity contribution is -0.130. The summed E-state index contributed by atoms with van der Waals surface area (Å²) in [5.41, 5.74) is 2.47. The molecule has 1 amide bonds. The molecule has 18 heavy (non-hydrogen) atoms. The molecule has 0 atom stereocenters. The van der Waals surface area contributed by atoms with E-state index in [-0.39, 0.29) is 5.91 Å². The summed E-state index contributed by atoms with van der Waals surface area (Å²) < 4.78 is 0. The van der Waals surface area contributed by atoms with Gasteiger partial charge < -0.3 is 4.90 Å². The SMILES string of the molecule is CCc1cc(CN2CCN(C(C)=O)CC2)ccn1. The Morgan fingerprint density at radius 1 is 1.33 bits per heavy atom. The maximum absolute atomic E-state index is 11.2. The number of pyridine rings is 1. The van der Waals surface area contributed by atoms with Gasteiger partial charge >= 0.3 is 0 Å². The number of aryl methyl sites for hydroxylation is 1. The number of carbonyl (C=O) groups is 1. The summed E-state index contributed by atoms with van der Waals surface area (Å²) in [6.45, 7) is 8.35. The van der Waals surface area contributed by atoms with E-state index in [1.807, 2.05) is 11.1 Å². The van der Waals surface area contributed by atoms with Crippen LogP contribution in [0.5, 0.6) is 0 Å². The molecule has 98 valence electrons. The highest BCUT2D eigenvalue weighted by molar-refractivity contribution is 5.73. The largest absolute Gasteiger partial charge is 0.340 e. The van der Waals surface area contributed by atoms with E-state index in [0.717, 1.165) is 44.8 Å². The maximum atomic E-state index is 11.2. The normalized spacial score (nSPS) is 16.9. The molecule has 4 heteroatoms. The Kier molecular flexibility index (Phi) is 4.31. The highest BCUT2D eigenvalue weighted by Gasteiger charge is 2.18. The van der Waals surface area contributed by atoms with Crippen LogP contribution < -0.4 is 0 Å². The molecule has 0 N–H and O–H groups in total. The van der Waals surface area contributed by atoms with Gasteiger partial charge in [-0.05, 0) is 24.1 Å². The minimum absolute atomic E-state index is 0.187. The summed E-state index contributed by atoms with van der Waals surface area (Å²) in [5, 5.41) is 0. The van der Waals surface area contributed by atoms with E-state index in [4.69, 9.17) is 0 Å². The summed E-state index contributed by atoms with van der Waals surface area (Å²) in [5.74, 6) is 0.187. The highest BCUT2D eigenvalue weighted by atomic mass is 16.2. The van der Waals surface area contributed by atoms with Crippen LogP contribution in [-0.2, 0) is 17.8 Å². The number of hydrogen-bond donors (Lipinski definition) is 0. The first kappa shape index (κ1) is 13.0. The number of piperazine rings is 1. The summed E-state index contributed by atoms with van der Waals surface area (Å²) in [6, 6.07) is 4.26. The first-order chi connectivity index (χ1) is 8.69. The number of hydrogen-bond acceptors (Lipinski definition) is 3. The molecule has 1 saturated heterocycles. The van der Waals surface area contributed by atoms with Gasteiger partial charge in [0.05, 0.1) is 0 Å². The Morgan fingerprint density at radius 2 is 2.06 bits per heavy atom. The monoisotopic (exact) mass is 247 g/mol. The molecule has 1 aromatic heterocycles. The van der Waals surface area contributed by atoms with Gasteiger partial charge in [-0.2, -0.15) is 0 Å². The third kappa shape index (κ3) is 3.29. The molecule has 0 unspecified atom stereocenters. The average Bonchev–Trinajstić information content (AvgIpc) is 2.39. The molecule has 2 heterocycles. The van der Waals surface area contributed by atoms with Crippen molar-refractivity contribution in [3.8, 4) is 0 Å². The van der Waals surface area contributed by atoms with Gasteiger partial charge in [0.15, 0.2) is 0 Å². The summed E-state index contributed by atoms with van der Waals surface area (Å²) in [7, 11) is 0. The summed E-state index contributed by atoms with van der Waals surface area (Å²) in [4.78, 5) is 19.9. The van der Waals surface area contributed by atoms with Crippen molar-refractivity contribution in [2.24, 2.45) is 0 Å². The third-order valence-electron chi connectivity index (χ3n) is 3.47. The fraction of sp³-hybridized carbons (Fsp3) is 0.571. The van der Waals surface area contributed by atoms with Crippen LogP contribution in [0.1, 0.15) is 25.1 Å². The van der Waals surface area contributed by atoms with Crippen LogP contribution >= 0.6 is 0 Å². The highest BCUT2D eigenvalue weighted by Crippen LogP contribution is 2.09. The number of nitrogens with zero attached hydrogens (tertiary/aromatic N) is 3. The van der Waals surface area contributed by atoms with E-state index in [1.54, 1.807) is 6.92 Å². The fourth-order valence-electron chi connectivity index (χ4n) is 2.30. The molecule has 4 nitrogen and oxygen atoms in total. The van der Waals surface area contributed by atoms with E-state index in [1.165, 1.54) is 5.56 Å². The van der Waals surface area contributed by atoms with Gasteiger partial charge in [-0.1, -0.05) is 6.92 Å². The van der Waals surface area contributed by atoms with Crippen molar-refractivity contribution in [1.29, 1.82) is 0 Å². The van der Waals surface area contributed by atoms with E-state index < -0.39 is 0 Å². The van der Waals surface area contributed by atoms with Crippen LogP contribution in [0.4, 0.5) is 0 Å². The Bertz CT molecular complexity index is 411. The second kappa shape index (κ2) is 5.96. The topological polar surface area (TPSA) is 36.4 Å². The summed E-state index contributed by atoms with van der Waals surface area (Å²) >= 11 is 0. The molecule has 1 aliphatic heterocycles. The van der Waals surface area contributed by atoms with Crippen LogP contribution in [-0.4, -0.2) is 46.9 Å². The average molecular weight is 247 g/mol. The molecule has 0 bridgehead atoms. The first-order valence-electron chi connectivity index (χ1n) is 6.60. The Labute approximate surface area is 109 Å². The predicted octanol–water partition coefficient (Wildman–Crippen LogP) is 1.31. The van der Waals surface area contributed by atoms with Gasteiger partial charge in [0.25, 0.3) is 0 Å². The van der Waals surface area contributed by atoms with Gasteiger partial charge in [0, 0.05) is 51.5 Å². The minimum atomic E-state index is 0.187. The van der Waals surface area contributed by atoms with Crippen molar-refractivity contribution < 1.29 is 4.79 Å². The lowest BCUT2D eigenvalue weighted by atomic mass is 10.2. The number of aromatic nitrogens is 1. The molecule has 1 aromatic rings. The Morgan fingerprint density at radius 3 is 2.67 bits per heavy atom. The number of carbonyl (C=O) groups excluding carboxylic acids is 1. The fourth-order valence-corrected chi connectivity index (χ4v) is 2.30. The van der Waals surface area contributed by atoms with Gasteiger partial charge in [-0.3, -0.25) is 14.7 Å². The van der Waals surface area contributed by atoms with Crippen LogP contribution in [0.25, 0.3) is 0 Å². The second-order valence-electron chi connectivity index (χ2n) is 4.79. The van der Waals surface area contributed by atoms with E-state index in [9.17, 15) is 4.79 Å². The van der Waals surface area contributed by atoms with Gasteiger partial charge in [-0.25, -0.2) is 0 Å². The van der Waals surface area contributed by atoms with Crippen molar-refractivity contribution >= 4 is 5.91 Å². The molecular formula is C14H21N3O. The van der Waals surface area contributed by atoms with Crippen LogP contribution in [0.15, 0.2) is 18.3 Å². The zero-order valence-corrected chi connectivity index (χ0v) is 11.2. The van der Waals surface area contributed by atoms with Crippen molar-refractivity contribution in [3.63, 3.8) is 0 Å². The van der Waals surface area contributed by atoms with E-state index >= 15 is 0 Å². The van der Waals surface area contributed by atoms with Crippen molar-refractivity contribution in [2.75, 3.05) is 26.2 Å². The summed E-state index contributed by atoms with van der Waals surface area (Å²) in [6.07, 6.45) is 2.87. The van der Waals surface area contributed by atoms with Gasteiger partial charge in [0.2, 0.25) is 5.91 Å². The minimum Gasteiger partial charge on any atom is -0.340 e.